The van der Waals surface area contributed by atoms with Crippen LogP contribution in [-0.4, -0.2) is 35.3 Å². The molecule has 23 heavy (non-hydrogen) atoms. The van der Waals surface area contributed by atoms with Crippen molar-refractivity contribution < 1.29 is 19.4 Å². The number of anilines is 1. The second kappa shape index (κ2) is 10.6. The van der Waals surface area contributed by atoms with Crippen molar-refractivity contribution >= 4 is 17.7 Å². The molecule has 6 heteroatoms. The van der Waals surface area contributed by atoms with Crippen LogP contribution in [0.25, 0.3) is 0 Å². The normalized spacial score (nSPS) is 11.7. The molecular weight excluding hydrogens is 296 g/mol. The Hall–Kier alpha value is -2.11. The molecule has 0 aliphatic heterocycles. The number of pyridine rings is 1. The number of carboxylic acid groups (broad SMARTS) is 1. The Balaban J connectivity index is 2.58. The van der Waals surface area contributed by atoms with Gasteiger partial charge >= 0.3 is 12.1 Å². The molecule has 0 saturated carbocycles. The van der Waals surface area contributed by atoms with Crippen LogP contribution in [-0.2, 0) is 9.53 Å². The van der Waals surface area contributed by atoms with Crippen molar-refractivity contribution in [3.63, 3.8) is 0 Å². The Morgan fingerprint density at radius 1 is 1.30 bits per heavy atom. The number of ether oxygens (including phenoxy) is 1. The first-order valence-electron chi connectivity index (χ1n) is 8.17. The molecule has 0 unspecified atom stereocenters. The van der Waals surface area contributed by atoms with Gasteiger partial charge in [-0.2, -0.15) is 0 Å². The summed E-state index contributed by atoms with van der Waals surface area (Å²) in [6.07, 6.45) is 6.12. The fourth-order valence-electron chi connectivity index (χ4n) is 2.44. The van der Waals surface area contributed by atoms with Crippen LogP contribution >= 0.6 is 0 Å². The van der Waals surface area contributed by atoms with Gasteiger partial charge in [-0.05, 0) is 38.3 Å². The zero-order valence-electron chi connectivity index (χ0n) is 13.9. The van der Waals surface area contributed by atoms with Gasteiger partial charge in [0.25, 0.3) is 0 Å². The van der Waals surface area contributed by atoms with Gasteiger partial charge in [-0.15, -0.1) is 0 Å². The van der Waals surface area contributed by atoms with E-state index in [4.69, 9.17) is 4.74 Å². The Morgan fingerprint density at radius 2 is 2.04 bits per heavy atom. The molecule has 0 spiro atoms. The highest BCUT2D eigenvalue weighted by Crippen LogP contribution is 2.19. The third-order valence-corrected chi connectivity index (χ3v) is 3.65. The van der Waals surface area contributed by atoms with E-state index in [1.165, 1.54) is 11.1 Å². The molecule has 0 aliphatic carbocycles. The molecule has 0 saturated heterocycles. The van der Waals surface area contributed by atoms with Gasteiger partial charge in [-0.3, -0.25) is 14.7 Å². The van der Waals surface area contributed by atoms with Gasteiger partial charge in [0.05, 0.1) is 24.4 Å². The van der Waals surface area contributed by atoms with Gasteiger partial charge in [0, 0.05) is 12.7 Å². The number of esters is 1. The van der Waals surface area contributed by atoms with Crippen LogP contribution in [0.4, 0.5) is 10.5 Å². The lowest BCUT2D eigenvalue weighted by Crippen LogP contribution is -2.31. The van der Waals surface area contributed by atoms with Gasteiger partial charge in [-0.1, -0.05) is 19.8 Å². The highest BCUT2D eigenvalue weighted by molar-refractivity contribution is 5.85. The van der Waals surface area contributed by atoms with Gasteiger partial charge in [0.15, 0.2) is 0 Å². The van der Waals surface area contributed by atoms with Crippen molar-refractivity contribution in [1.82, 2.24) is 4.98 Å². The van der Waals surface area contributed by atoms with Crippen molar-refractivity contribution in [1.29, 1.82) is 0 Å². The highest BCUT2D eigenvalue weighted by Gasteiger charge is 2.20. The Kier molecular flexibility index (Phi) is 8.72. The monoisotopic (exact) mass is 322 g/mol. The summed E-state index contributed by atoms with van der Waals surface area (Å²) >= 11 is 0. The highest BCUT2D eigenvalue weighted by atomic mass is 16.5. The first-order chi connectivity index (χ1) is 11.1. The summed E-state index contributed by atoms with van der Waals surface area (Å²) in [5.41, 5.74) is 0.543. The van der Waals surface area contributed by atoms with Gasteiger partial charge < -0.3 is 9.84 Å². The maximum atomic E-state index is 12.0. The predicted octanol–water partition coefficient (Wildman–Crippen LogP) is 3.72. The van der Waals surface area contributed by atoms with Crippen molar-refractivity contribution in [2.45, 2.75) is 46.0 Å². The Bertz CT molecular complexity index is 479. The van der Waals surface area contributed by atoms with Crippen LogP contribution in [0.2, 0.25) is 0 Å². The summed E-state index contributed by atoms with van der Waals surface area (Å²) < 4.78 is 5.11. The van der Waals surface area contributed by atoms with E-state index in [2.05, 4.69) is 11.9 Å². The molecule has 0 fully saturated rings. The zero-order valence-corrected chi connectivity index (χ0v) is 13.9. The van der Waals surface area contributed by atoms with Crippen LogP contribution in [0.1, 0.15) is 46.0 Å². The molecule has 1 N–H and O–H groups in total. The maximum absolute atomic E-state index is 12.0. The molecular formula is C17H26N2O4. The molecule has 0 radical (unpaired) electrons. The van der Waals surface area contributed by atoms with E-state index < -0.39 is 6.09 Å². The number of aromatic nitrogens is 1. The molecule has 0 aliphatic rings. The zero-order chi connectivity index (χ0) is 17.1. The fraction of sp³-hybridized carbons (Fsp3) is 0.588. The molecule has 1 aromatic rings. The van der Waals surface area contributed by atoms with Crippen LogP contribution in [0.5, 0.6) is 0 Å². The molecule has 1 amide bonds. The second-order valence-electron chi connectivity index (χ2n) is 5.38. The van der Waals surface area contributed by atoms with E-state index in [0.717, 1.165) is 19.3 Å². The predicted molar refractivity (Wildman–Crippen MR) is 88.5 cm³/mol. The number of carbonyl (C=O) groups is 2. The summed E-state index contributed by atoms with van der Waals surface area (Å²) in [6.45, 7) is 4.58. The van der Waals surface area contributed by atoms with Crippen LogP contribution in [0.3, 0.4) is 0 Å². The summed E-state index contributed by atoms with van der Waals surface area (Å²) in [5.74, 6) is -0.330. The number of rotatable bonds is 10. The number of hydrogen-bond acceptors (Lipinski definition) is 4. The van der Waals surface area contributed by atoms with Crippen LogP contribution in [0.15, 0.2) is 24.5 Å². The average molecular weight is 322 g/mol. The maximum Gasteiger partial charge on any atom is 0.411 e. The molecule has 6 nitrogen and oxygen atoms in total. The minimum atomic E-state index is -1.01. The third-order valence-electron chi connectivity index (χ3n) is 3.65. The summed E-state index contributed by atoms with van der Waals surface area (Å²) in [6, 6.07) is 3.41. The van der Waals surface area contributed by atoms with Crippen LogP contribution < -0.4 is 4.90 Å². The lowest BCUT2D eigenvalue weighted by Gasteiger charge is -2.20. The fourth-order valence-corrected chi connectivity index (χ4v) is 2.44. The van der Waals surface area contributed by atoms with Crippen molar-refractivity contribution in [3.05, 3.63) is 24.5 Å². The second-order valence-corrected chi connectivity index (χ2v) is 5.38. The molecule has 1 rings (SSSR count). The molecule has 128 valence electrons. The number of hydrogen-bond donors (Lipinski definition) is 1. The molecule has 1 atom stereocenters. The topological polar surface area (TPSA) is 79.7 Å². The molecule has 0 bridgehead atoms. The molecule has 1 heterocycles. The first kappa shape index (κ1) is 18.9. The van der Waals surface area contributed by atoms with Gasteiger partial charge in [-0.25, -0.2) is 4.79 Å². The quantitative estimate of drug-likeness (QED) is 0.664. The number of unbranched alkanes of at least 4 members (excludes halogenated alkanes) is 1. The van der Waals surface area contributed by atoms with E-state index in [1.807, 2.05) is 0 Å². The van der Waals surface area contributed by atoms with Crippen molar-refractivity contribution in [2.24, 2.45) is 5.92 Å². The number of nitrogens with zero attached hydrogens (tertiary/aromatic N) is 2. The Labute approximate surface area is 137 Å². The summed E-state index contributed by atoms with van der Waals surface area (Å²) in [4.78, 5) is 28.6. The van der Waals surface area contributed by atoms with Crippen molar-refractivity contribution in [2.75, 3.05) is 18.1 Å². The number of amides is 1. The first-order valence-corrected chi connectivity index (χ1v) is 8.17. The third kappa shape index (κ3) is 6.67. The summed E-state index contributed by atoms with van der Waals surface area (Å²) in [5, 5.41) is 9.33. The molecule has 1 aromatic heterocycles. The average Bonchev–Trinajstić information content (AvgIpc) is 2.54. The van der Waals surface area contributed by atoms with E-state index in [1.54, 1.807) is 25.3 Å². The number of carbonyl (C=O) groups excluding carboxylic acids is 1. The van der Waals surface area contributed by atoms with E-state index in [0.29, 0.717) is 31.7 Å². The lowest BCUT2D eigenvalue weighted by molar-refractivity contribution is -0.148. The largest absolute Gasteiger partial charge is 0.466 e. The van der Waals surface area contributed by atoms with Gasteiger partial charge in [0.2, 0.25) is 0 Å². The van der Waals surface area contributed by atoms with E-state index >= 15 is 0 Å². The minimum absolute atomic E-state index is 0.153. The van der Waals surface area contributed by atoms with Gasteiger partial charge in [0.1, 0.15) is 0 Å². The summed E-state index contributed by atoms with van der Waals surface area (Å²) in [7, 11) is 0. The standard InChI is InChI=1S/C17H26N2O4/c1-3-5-8-14(16(20)23-4-2)9-7-12-19(17(21)22)15-10-6-11-18-13-15/h6,10-11,13-14H,3-5,7-9,12H2,1-2H3,(H,21,22)/t14-/m0/s1. The van der Waals surface area contributed by atoms with E-state index in [-0.39, 0.29) is 11.9 Å². The minimum Gasteiger partial charge on any atom is -0.466 e. The SMILES string of the molecule is CCCC[C@@H](CCCN(C(=O)O)c1cccnc1)C(=O)OCC. The Morgan fingerprint density at radius 3 is 2.61 bits per heavy atom. The molecule has 0 aromatic carbocycles. The van der Waals surface area contributed by atoms with Crippen LogP contribution in [0, 0.1) is 5.92 Å². The van der Waals surface area contributed by atoms with Crippen molar-refractivity contribution in [3.8, 4) is 0 Å². The smallest absolute Gasteiger partial charge is 0.411 e. The lowest BCUT2D eigenvalue weighted by atomic mass is 9.96. The van der Waals surface area contributed by atoms with E-state index in [9.17, 15) is 14.7 Å².